The SMILES string of the molecule is Cc1ccc(C(=O)N2CC(C)CCC2C)c(O)c1. The molecule has 2 unspecified atom stereocenters. The van der Waals surface area contributed by atoms with Crippen molar-refractivity contribution in [2.45, 2.75) is 39.7 Å². The van der Waals surface area contributed by atoms with Crippen LogP contribution in [0.15, 0.2) is 18.2 Å². The van der Waals surface area contributed by atoms with E-state index in [2.05, 4.69) is 13.8 Å². The second-order valence-electron chi connectivity index (χ2n) is 5.51. The van der Waals surface area contributed by atoms with Crippen molar-refractivity contribution in [3.05, 3.63) is 29.3 Å². The molecule has 3 nitrogen and oxygen atoms in total. The maximum absolute atomic E-state index is 12.5. The molecule has 3 heteroatoms. The molecule has 1 aliphatic heterocycles. The number of phenolic OH excluding ortho intramolecular Hbond substituents is 1. The highest BCUT2D eigenvalue weighted by molar-refractivity contribution is 5.97. The lowest BCUT2D eigenvalue weighted by atomic mass is 9.94. The minimum absolute atomic E-state index is 0.0495. The van der Waals surface area contributed by atoms with Crippen LogP contribution in [0.1, 0.15) is 42.6 Å². The van der Waals surface area contributed by atoms with Gasteiger partial charge in [0.1, 0.15) is 5.75 Å². The Kier molecular flexibility index (Phi) is 3.60. The molecule has 0 spiro atoms. The Bertz CT molecular complexity index is 456. The van der Waals surface area contributed by atoms with E-state index in [9.17, 15) is 9.90 Å². The average molecular weight is 247 g/mol. The van der Waals surface area contributed by atoms with Crippen molar-refractivity contribution < 1.29 is 9.90 Å². The summed E-state index contributed by atoms with van der Waals surface area (Å²) in [5, 5.41) is 9.90. The van der Waals surface area contributed by atoms with Gasteiger partial charge in [0.05, 0.1) is 5.56 Å². The van der Waals surface area contributed by atoms with Crippen molar-refractivity contribution in [3.8, 4) is 5.75 Å². The second kappa shape index (κ2) is 5.01. The van der Waals surface area contributed by atoms with Crippen molar-refractivity contribution in [3.63, 3.8) is 0 Å². The van der Waals surface area contributed by atoms with Gasteiger partial charge in [-0.15, -0.1) is 0 Å². The maximum atomic E-state index is 12.5. The molecular weight excluding hydrogens is 226 g/mol. The molecule has 0 aromatic heterocycles. The monoisotopic (exact) mass is 247 g/mol. The van der Waals surface area contributed by atoms with E-state index < -0.39 is 0 Å². The molecule has 18 heavy (non-hydrogen) atoms. The van der Waals surface area contributed by atoms with Gasteiger partial charge in [0, 0.05) is 12.6 Å². The van der Waals surface area contributed by atoms with Crippen LogP contribution in [0.4, 0.5) is 0 Å². The van der Waals surface area contributed by atoms with Gasteiger partial charge in [0.15, 0.2) is 0 Å². The molecule has 2 rings (SSSR count). The van der Waals surface area contributed by atoms with E-state index in [1.54, 1.807) is 12.1 Å². The van der Waals surface area contributed by atoms with Crippen molar-refractivity contribution in [2.75, 3.05) is 6.54 Å². The number of carbonyl (C=O) groups excluding carboxylic acids is 1. The Hall–Kier alpha value is -1.51. The summed E-state index contributed by atoms with van der Waals surface area (Å²) < 4.78 is 0. The van der Waals surface area contributed by atoms with Crippen molar-refractivity contribution in [1.29, 1.82) is 0 Å². The minimum atomic E-state index is -0.0495. The number of hydrogen-bond donors (Lipinski definition) is 1. The van der Waals surface area contributed by atoms with Gasteiger partial charge in [-0.05, 0) is 50.3 Å². The number of likely N-dealkylation sites (tertiary alicyclic amines) is 1. The predicted molar refractivity (Wildman–Crippen MR) is 71.7 cm³/mol. The fourth-order valence-corrected chi connectivity index (χ4v) is 2.55. The summed E-state index contributed by atoms with van der Waals surface area (Å²) in [6, 6.07) is 5.49. The van der Waals surface area contributed by atoms with Crippen molar-refractivity contribution in [2.24, 2.45) is 5.92 Å². The van der Waals surface area contributed by atoms with Crippen LogP contribution in [0, 0.1) is 12.8 Å². The Morgan fingerprint density at radius 1 is 1.33 bits per heavy atom. The first-order valence-corrected chi connectivity index (χ1v) is 6.59. The zero-order valence-electron chi connectivity index (χ0n) is 11.3. The van der Waals surface area contributed by atoms with Crippen LogP contribution >= 0.6 is 0 Å². The second-order valence-corrected chi connectivity index (χ2v) is 5.51. The number of phenols is 1. The lowest BCUT2D eigenvalue weighted by molar-refractivity contribution is 0.0571. The summed E-state index contributed by atoms with van der Waals surface area (Å²) in [6.07, 6.45) is 2.21. The molecule has 0 aliphatic carbocycles. The van der Waals surface area contributed by atoms with Gasteiger partial charge in [-0.3, -0.25) is 4.79 Å². The van der Waals surface area contributed by atoms with Crippen molar-refractivity contribution >= 4 is 5.91 Å². The quantitative estimate of drug-likeness (QED) is 0.828. The van der Waals surface area contributed by atoms with Gasteiger partial charge >= 0.3 is 0 Å². The smallest absolute Gasteiger partial charge is 0.257 e. The number of amides is 1. The molecule has 1 amide bonds. The van der Waals surface area contributed by atoms with E-state index >= 15 is 0 Å². The zero-order valence-corrected chi connectivity index (χ0v) is 11.3. The molecule has 0 radical (unpaired) electrons. The van der Waals surface area contributed by atoms with Gasteiger partial charge < -0.3 is 10.0 Å². The van der Waals surface area contributed by atoms with E-state index in [-0.39, 0.29) is 17.7 Å². The number of hydrogen-bond acceptors (Lipinski definition) is 2. The van der Waals surface area contributed by atoms with Gasteiger partial charge in [0.25, 0.3) is 5.91 Å². The van der Waals surface area contributed by atoms with Gasteiger partial charge in [-0.25, -0.2) is 0 Å². The fraction of sp³-hybridized carbons (Fsp3) is 0.533. The van der Waals surface area contributed by atoms with Gasteiger partial charge in [-0.2, -0.15) is 0 Å². The summed E-state index contributed by atoms with van der Waals surface area (Å²) >= 11 is 0. The summed E-state index contributed by atoms with van der Waals surface area (Å²) in [6.45, 7) is 6.93. The summed E-state index contributed by atoms with van der Waals surface area (Å²) in [4.78, 5) is 14.3. The molecule has 1 aromatic rings. The highest BCUT2D eigenvalue weighted by Crippen LogP contribution is 2.26. The lowest BCUT2D eigenvalue weighted by Gasteiger charge is -2.37. The first kappa shape index (κ1) is 12.9. The lowest BCUT2D eigenvalue weighted by Crippen LogP contribution is -2.44. The molecule has 1 saturated heterocycles. The Morgan fingerprint density at radius 2 is 2.06 bits per heavy atom. The minimum Gasteiger partial charge on any atom is -0.507 e. The largest absolute Gasteiger partial charge is 0.507 e. The fourth-order valence-electron chi connectivity index (χ4n) is 2.55. The normalized spacial score (nSPS) is 24.1. The van der Waals surface area contributed by atoms with Gasteiger partial charge in [-0.1, -0.05) is 13.0 Å². The van der Waals surface area contributed by atoms with E-state index in [4.69, 9.17) is 0 Å². The van der Waals surface area contributed by atoms with Crippen LogP contribution in [0.2, 0.25) is 0 Å². The van der Waals surface area contributed by atoms with E-state index in [0.29, 0.717) is 11.5 Å². The molecule has 1 heterocycles. The number of benzene rings is 1. The highest BCUT2D eigenvalue weighted by Gasteiger charge is 2.28. The summed E-state index contributed by atoms with van der Waals surface area (Å²) in [7, 11) is 0. The third-order valence-corrected chi connectivity index (χ3v) is 3.76. The molecule has 0 saturated carbocycles. The number of carbonyl (C=O) groups is 1. The summed E-state index contributed by atoms with van der Waals surface area (Å²) in [5.41, 5.74) is 1.38. The average Bonchev–Trinajstić information content (AvgIpc) is 2.31. The van der Waals surface area contributed by atoms with Crippen molar-refractivity contribution in [1.82, 2.24) is 4.90 Å². The van der Waals surface area contributed by atoms with Crippen LogP contribution in [-0.4, -0.2) is 28.5 Å². The standard InChI is InChI=1S/C15H21NO2/c1-10-5-7-13(14(17)8-10)15(18)16-9-11(2)4-6-12(16)3/h5,7-8,11-12,17H,4,6,9H2,1-3H3. The first-order valence-electron chi connectivity index (χ1n) is 6.59. The molecule has 1 aromatic carbocycles. The number of piperidine rings is 1. The third-order valence-electron chi connectivity index (χ3n) is 3.76. The predicted octanol–water partition coefficient (Wildman–Crippen LogP) is 2.96. The number of nitrogens with zero attached hydrogens (tertiary/aromatic N) is 1. The molecule has 1 aliphatic rings. The number of rotatable bonds is 1. The maximum Gasteiger partial charge on any atom is 0.257 e. The topological polar surface area (TPSA) is 40.5 Å². The van der Waals surface area contributed by atoms with Crippen LogP contribution in [0.25, 0.3) is 0 Å². The molecule has 1 N–H and O–H groups in total. The molecular formula is C15H21NO2. The molecule has 0 bridgehead atoms. The van der Waals surface area contributed by atoms with Crippen LogP contribution in [-0.2, 0) is 0 Å². The Balaban J connectivity index is 2.24. The van der Waals surface area contributed by atoms with Crippen LogP contribution in [0.5, 0.6) is 5.75 Å². The molecule has 1 fully saturated rings. The number of aryl methyl sites for hydroxylation is 1. The zero-order chi connectivity index (χ0) is 13.3. The highest BCUT2D eigenvalue weighted by atomic mass is 16.3. The van der Waals surface area contributed by atoms with Crippen LogP contribution in [0.3, 0.4) is 0 Å². The Morgan fingerprint density at radius 3 is 2.72 bits per heavy atom. The molecule has 98 valence electrons. The Labute approximate surface area is 108 Å². The van der Waals surface area contributed by atoms with E-state index in [0.717, 1.165) is 18.5 Å². The van der Waals surface area contributed by atoms with Gasteiger partial charge in [0.2, 0.25) is 0 Å². The van der Waals surface area contributed by atoms with Crippen LogP contribution < -0.4 is 0 Å². The summed E-state index contributed by atoms with van der Waals surface area (Å²) in [5.74, 6) is 0.578. The van der Waals surface area contributed by atoms with E-state index in [1.165, 1.54) is 6.42 Å². The molecule has 2 atom stereocenters. The number of aromatic hydroxyl groups is 1. The van der Waals surface area contributed by atoms with E-state index in [1.807, 2.05) is 17.9 Å². The third kappa shape index (κ3) is 2.50. The first-order chi connectivity index (χ1) is 8.49.